The summed E-state index contributed by atoms with van der Waals surface area (Å²) in [6.07, 6.45) is 1.18. The zero-order chi connectivity index (χ0) is 8.39. The second-order valence-corrected chi connectivity index (χ2v) is 3.28. The number of aromatic hydroxyl groups is 1. The molecule has 1 aliphatic rings. The molecule has 0 bridgehead atoms. The summed E-state index contributed by atoms with van der Waals surface area (Å²) in [5, 5.41) is 12.6. The highest BCUT2D eigenvalue weighted by Crippen LogP contribution is 2.24. The molecule has 0 spiro atoms. The van der Waals surface area contributed by atoms with E-state index >= 15 is 0 Å². The molecular weight excluding hydrogens is 230 g/mol. The van der Waals surface area contributed by atoms with E-state index in [1.165, 1.54) is 12.0 Å². The van der Waals surface area contributed by atoms with Gasteiger partial charge in [-0.2, -0.15) is 0 Å². The lowest BCUT2D eigenvalue weighted by molar-refractivity contribution is 0.474. The molecule has 72 valence electrons. The van der Waals surface area contributed by atoms with Crippen LogP contribution in [0.5, 0.6) is 5.75 Å². The van der Waals surface area contributed by atoms with Crippen LogP contribution in [0.2, 0.25) is 0 Å². The summed E-state index contributed by atoms with van der Waals surface area (Å²) in [5.74, 6) is 0.969. The van der Waals surface area contributed by atoms with E-state index in [0.717, 1.165) is 13.1 Å². The van der Waals surface area contributed by atoms with Crippen LogP contribution < -0.4 is 5.32 Å². The third-order valence-corrected chi connectivity index (χ3v) is 2.40. The maximum atomic E-state index is 9.25. The maximum Gasteiger partial charge on any atom is 0.115 e. The number of phenols is 1. The van der Waals surface area contributed by atoms with E-state index in [9.17, 15) is 5.11 Å². The zero-order valence-electron chi connectivity index (χ0n) is 7.36. The first-order valence-electron chi connectivity index (χ1n) is 4.36. The van der Waals surface area contributed by atoms with Crippen LogP contribution in [0.1, 0.15) is 17.9 Å². The van der Waals surface area contributed by atoms with Crippen molar-refractivity contribution in [2.45, 2.75) is 12.3 Å². The number of halogens is 1. The summed E-state index contributed by atoms with van der Waals surface area (Å²) in [6, 6.07) is 7.56. The molecule has 1 fully saturated rings. The Balaban J connectivity index is 0.000000845. The average molecular weight is 244 g/mol. The maximum absolute atomic E-state index is 9.25. The van der Waals surface area contributed by atoms with Crippen LogP contribution in [0.4, 0.5) is 0 Å². The van der Waals surface area contributed by atoms with Crippen molar-refractivity contribution in [1.82, 2.24) is 5.32 Å². The molecular formula is C10H14BrNO. The van der Waals surface area contributed by atoms with Gasteiger partial charge in [0.1, 0.15) is 5.75 Å². The minimum Gasteiger partial charge on any atom is -0.508 e. The molecule has 0 aliphatic carbocycles. The molecule has 0 saturated carbocycles. The standard InChI is InChI=1S/C10H13NO.BrH/c12-10-3-1-2-8(6-10)9-4-5-11-7-9;/h1-3,6,9,11-12H,4-5,7H2;1H. The number of phenolic OH excluding ortho intramolecular Hbond substituents is 1. The fraction of sp³-hybridized carbons (Fsp3) is 0.400. The van der Waals surface area contributed by atoms with E-state index in [1.807, 2.05) is 12.1 Å². The van der Waals surface area contributed by atoms with E-state index < -0.39 is 0 Å². The van der Waals surface area contributed by atoms with Gasteiger partial charge in [0.05, 0.1) is 0 Å². The number of hydrogen-bond donors (Lipinski definition) is 2. The van der Waals surface area contributed by atoms with E-state index in [1.54, 1.807) is 6.07 Å². The second kappa shape index (κ2) is 4.63. The third kappa shape index (κ3) is 2.45. The Labute approximate surface area is 88.7 Å². The molecule has 1 heterocycles. The van der Waals surface area contributed by atoms with Crippen LogP contribution in [-0.4, -0.2) is 18.2 Å². The molecule has 2 rings (SSSR count). The largest absolute Gasteiger partial charge is 0.508 e. The Kier molecular flexibility index (Phi) is 3.75. The molecule has 13 heavy (non-hydrogen) atoms. The van der Waals surface area contributed by atoms with Crippen LogP contribution in [0, 0.1) is 0 Å². The molecule has 0 amide bonds. The molecule has 1 aromatic rings. The first-order valence-corrected chi connectivity index (χ1v) is 4.36. The van der Waals surface area contributed by atoms with Crippen molar-refractivity contribution in [3.63, 3.8) is 0 Å². The normalized spacial score (nSPS) is 21.1. The molecule has 1 atom stereocenters. The van der Waals surface area contributed by atoms with E-state index in [-0.39, 0.29) is 17.0 Å². The Bertz CT molecular complexity index is 271. The van der Waals surface area contributed by atoms with Crippen molar-refractivity contribution in [3.05, 3.63) is 29.8 Å². The van der Waals surface area contributed by atoms with Crippen LogP contribution in [0.3, 0.4) is 0 Å². The lowest BCUT2D eigenvalue weighted by Gasteiger charge is -2.07. The van der Waals surface area contributed by atoms with Crippen LogP contribution in [0.15, 0.2) is 24.3 Å². The fourth-order valence-corrected chi connectivity index (χ4v) is 1.72. The highest BCUT2D eigenvalue weighted by molar-refractivity contribution is 8.93. The predicted octanol–water partition coefficient (Wildman–Crippen LogP) is 2.05. The Morgan fingerprint density at radius 3 is 2.85 bits per heavy atom. The topological polar surface area (TPSA) is 32.3 Å². The molecule has 1 unspecified atom stereocenters. The molecule has 0 aromatic heterocycles. The second-order valence-electron chi connectivity index (χ2n) is 3.28. The van der Waals surface area contributed by atoms with E-state index in [4.69, 9.17) is 0 Å². The monoisotopic (exact) mass is 243 g/mol. The van der Waals surface area contributed by atoms with Crippen molar-refractivity contribution in [2.24, 2.45) is 0 Å². The van der Waals surface area contributed by atoms with Crippen molar-refractivity contribution in [2.75, 3.05) is 13.1 Å². The number of nitrogens with one attached hydrogen (secondary N) is 1. The molecule has 2 N–H and O–H groups in total. The van der Waals surface area contributed by atoms with Gasteiger partial charge >= 0.3 is 0 Å². The van der Waals surface area contributed by atoms with Crippen molar-refractivity contribution >= 4 is 17.0 Å². The highest BCUT2D eigenvalue weighted by atomic mass is 79.9. The highest BCUT2D eigenvalue weighted by Gasteiger charge is 2.16. The van der Waals surface area contributed by atoms with E-state index in [0.29, 0.717) is 11.7 Å². The summed E-state index contributed by atoms with van der Waals surface area (Å²) < 4.78 is 0. The molecule has 1 saturated heterocycles. The summed E-state index contributed by atoms with van der Waals surface area (Å²) in [6.45, 7) is 2.14. The van der Waals surface area contributed by atoms with Gasteiger partial charge in [-0.05, 0) is 36.6 Å². The first-order chi connectivity index (χ1) is 5.86. The molecule has 1 aromatic carbocycles. The zero-order valence-corrected chi connectivity index (χ0v) is 9.08. The minimum absolute atomic E-state index is 0. The number of benzene rings is 1. The van der Waals surface area contributed by atoms with Crippen LogP contribution in [-0.2, 0) is 0 Å². The van der Waals surface area contributed by atoms with Crippen LogP contribution in [0.25, 0.3) is 0 Å². The Morgan fingerprint density at radius 1 is 1.38 bits per heavy atom. The first kappa shape index (κ1) is 10.5. The van der Waals surface area contributed by atoms with Gasteiger partial charge in [0.25, 0.3) is 0 Å². The van der Waals surface area contributed by atoms with Gasteiger partial charge in [-0.1, -0.05) is 12.1 Å². The smallest absolute Gasteiger partial charge is 0.115 e. The molecule has 3 heteroatoms. The quantitative estimate of drug-likeness (QED) is 0.792. The van der Waals surface area contributed by atoms with Crippen LogP contribution >= 0.6 is 17.0 Å². The molecule has 1 aliphatic heterocycles. The average Bonchev–Trinajstić information content (AvgIpc) is 2.56. The van der Waals surface area contributed by atoms with Gasteiger partial charge in [-0.15, -0.1) is 17.0 Å². The van der Waals surface area contributed by atoms with Gasteiger partial charge in [0.2, 0.25) is 0 Å². The predicted molar refractivity (Wildman–Crippen MR) is 58.7 cm³/mol. The number of rotatable bonds is 1. The molecule has 2 nitrogen and oxygen atoms in total. The van der Waals surface area contributed by atoms with Crippen molar-refractivity contribution in [3.8, 4) is 5.75 Å². The Hall–Kier alpha value is -0.540. The van der Waals surface area contributed by atoms with Crippen molar-refractivity contribution in [1.29, 1.82) is 0 Å². The van der Waals surface area contributed by atoms with Gasteiger partial charge in [0, 0.05) is 6.54 Å². The summed E-state index contributed by atoms with van der Waals surface area (Å²) in [4.78, 5) is 0. The summed E-state index contributed by atoms with van der Waals surface area (Å²) in [5.41, 5.74) is 1.25. The van der Waals surface area contributed by atoms with Gasteiger partial charge in [-0.3, -0.25) is 0 Å². The Morgan fingerprint density at radius 2 is 2.23 bits per heavy atom. The third-order valence-electron chi connectivity index (χ3n) is 2.40. The summed E-state index contributed by atoms with van der Waals surface area (Å²) >= 11 is 0. The van der Waals surface area contributed by atoms with Gasteiger partial charge in [0.15, 0.2) is 0 Å². The SMILES string of the molecule is Br.Oc1cccc(C2CCNC2)c1. The lowest BCUT2D eigenvalue weighted by Crippen LogP contribution is -2.07. The number of hydrogen-bond acceptors (Lipinski definition) is 2. The minimum atomic E-state index is 0. The summed E-state index contributed by atoms with van der Waals surface area (Å²) in [7, 11) is 0. The van der Waals surface area contributed by atoms with E-state index in [2.05, 4.69) is 11.4 Å². The molecule has 0 radical (unpaired) electrons. The van der Waals surface area contributed by atoms with Gasteiger partial charge < -0.3 is 10.4 Å². The fourth-order valence-electron chi connectivity index (χ4n) is 1.72. The van der Waals surface area contributed by atoms with Crippen molar-refractivity contribution < 1.29 is 5.11 Å². The van der Waals surface area contributed by atoms with Gasteiger partial charge in [-0.25, -0.2) is 0 Å². The lowest BCUT2D eigenvalue weighted by atomic mass is 9.98.